The lowest BCUT2D eigenvalue weighted by Gasteiger charge is -2.30. The second-order valence-corrected chi connectivity index (χ2v) is 9.16. The number of carbonyl (C=O) groups excluding carboxylic acids is 1. The lowest BCUT2D eigenvalue weighted by molar-refractivity contribution is -0.155. The molecule has 1 unspecified atom stereocenters. The zero-order chi connectivity index (χ0) is 21.0. The summed E-state index contributed by atoms with van der Waals surface area (Å²) in [5.74, 6) is -1.68. The summed E-state index contributed by atoms with van der Waals surface area (Å²) in [7, 11) is 0. The van der Waals surface area contributed by atoms with E-state index in [0.717, 1.165) is 29.5 Å². The number of rotatable bonds is 7. The van der Waals surface area contributed by atoms with E-state index in [0.29, 0.717) is 6.42 Å². The number of hydrogen-bond acceptors (Lipinski definition) is 4. The van der Waals surface area contributed by atoms with Crippen LogP contribution >= 0.6 is 0 Å². The summed E-state index contributed by atoms with van der Waals surface area (Å²) in [5, 5.41) is 19.7. The van der Waals surface area contributed by atoms with Gasteiger partial charge in [-0.15, -0.1) is 0 Å². The average Bonchev–Trinajstić information content (AvgIpc) is 2.48. The number of benzene rings is 1. The van der Waals surface area contributed by atoms with E-state index in [9.17, 15) is 14.7 Å². The van der Waals surface area contributed by atoms with Gasteiger partial charge in [-0.25, -0.2) is 0 Å². The molecule has 0 saturated carbocycles. The molecule has 0 heterocycles. The van der Waals surface area contributed by atoms with E-state index in [1.807, 2.05) is 60.6 Å². The third-order valence-corrected chi connectivity index (χ3v) is 4.51. The second-order valence-electron chi connectivity index (χ2n) is 9.16. The molecule has 0 aliphatic rings. The molecule has 0 amide bonds. The quantitative estimate of drug-likeness (QED) is 0.501. The van der Waals surface area contributed by atoms with Gasteiger partial charge in [-0.3, -0.25) is 9.59 Å². The topological polar surface area (TPSA) is 83.8 Å². The normalized spacial score (nSPS) is 13.3. The molecule has 27 heavy (non-hydrogen) atoms. The number of carboxylic acid groups (broad SMARTS) is 1. The summed E-state index contributed by atoms with van der Waals surface area (Å²) in [4.78, 5) is 22.8. The molecule has 0 bridgehead atoms. The third-order valence-electron chi connectivity index (χ3n) is 4.51. The van der Waals surface area contributed by atoms with Crippen molar-refractivity contribution in [3.63, 3.8) is 0 Å². The molecule has 1 aromatic rings. The molecule has 5 heteroatoms. The van der Waals surface area contributed by atoms with Gasteiger partial charge in [-0.2, -0.15) is 0 Å². The Labute approximate surface area is 162 Å². The van der Waals surface area contributed by atoms with Crippen molar-refractivity contribution in [1.82, 2.24) is 0 Å². The SMILES string of the molecule is CCCCC(OC(=O)CC(=O)O)c1cc(C(C)(C)C)c(O)c(C(C)(C)C)c1. The molecule has 0 aliphatic carbocycles. The maximum Gasteiger partial charge on any atom is 0.317 e. The molecule has 0 radical (unpaired) electrons. The van der Waals surface area contributed by atoms with Gasteiger partial charge in [0.1, 0.15) is 18.3 Å². The molecule has 0 saturated heterocycles. The predicted octanol–water partition coefficient (Wildman–Crippen LogP) is 5.24. The number of hydrogen-bond donors (Lipinski definition) is 2. The van der Waals surface area contributed by atoms with E-state index in [1.165, 1.54) is 0 Å². The molecule has 1 aromatic carbocycles. The van der Waals surface area contributed by atoms with Crippen molar-refractivity contribution in [3.05, 3.63) is 28.8 Å². The minimum absolute atomic E-state index is 0.268. The summed E-state index contributed by atoms with van der Waals surface area (Å²) >= 11 is 0. The van der Waals surface area contributed by atoms with E-state index < -0.39 is 24.5 Å². The number of unbranched alkanes of at least 4 members (excludes halogenated alkanes) is 1. The monoisotopic (exact) mass is 378 g/mol. The molecule has 2 N–H and O–H groups in total. The van der Waals surface area contributed by atoms with Crippen LogP contribution in [-0.4, -0.2) is 22.2 Å². The second kappa shape index (κ2) is 8.77. The van der Waals surface area contributed by atoms with E-state index in [1.54, 1.807) is 0 Å². The van der Waals surface area contributed by atoms with Gasteiger partial charge in [-0.1, -0.05) is 54.9 Å². The van der Waals surface area contributed by atoms with Gasteiger partial charge in [-0.05, 0) is 52.5 Å². The number of esters is 1. The van der Waals surface area contributed by atoms with Gasteiger partial charge < -0.3 is 14.9 Å². The molecule has 0 fully saturated rings. The average molecular weight is 379 g/mol. The maximum absolute atomic E-state index is 12.0. The van der Waals surface area contributed by atoms with Crippen molar-refractivity contribution in [3.8, 4) is 5.75 Å². The number of carboxylic acids is 1. The molecule has 0 spiro atoms. The van der Waals surface area contributed by atoms with Gasteiger partial charge in [0.25, 0.3) is 0 Å². The van der Waals surface area contributed by atoms with Crippen molar-refractivity contribution in [2.45, 2.75) is 91.1 Å². The van der Waals surface area contributed by atoms with Crippen molar-refractivity contribution in [2.75, 3.05) is 0 Å². The van der Waals surface area contributed by atoms with Crippen molar-refractivity contribution >= 4 is 11.9 Å². The molecule has 5 nitrogen and oxygen atoms in total. The van der Waals surface area contributed by atoms with Gasteiger partial charge in [0.2, 0.25) is 0 Å². The number of aliphatic carboxylic acids is 1. The summed E-state index contributed by atoms with van der Waals surface area (Å²) in [6.07, 6.45) is 1.21. The first kappa shape index (κ1) is 23.0. The Hall–Kier alpha value is -2.04. The van der Waals surface area contributed by atoms with E-state index in [4.69, 9.17) is 9.84 Å². The molecular weight excluding hydrogens is 344 g/mol. The van der Waals surface area contributed by atoms with Crippen LogP contribution in [0.25, 0.3) is 0 Å². The van der Waals surface area contributed by atoms with E-state index in [-0.39, 0.29) is 16.6 Å². The minimum atomic E-state index is -1.20. The van der Waals surface area contributed by atoms with Crippen LogP contribution in [0, 0.1) is 0 Å². The number of ether oxygens (including phenoxy) is 1. The van der Waals surface area contributed by atoms with E-state index in [2.05, 4.69) is 0 Å². The third kappa shape index (κ3) is 6.56. The number of phenols is 1. The largest absolute Gasteiger partial charge is 0.507 e. The van der Waals surface area contributed by atoms with Gasteiger partial charge in [0.15, 0.2) is 0 Å². The highest BCUT2D eigenvalue weighted by Gasteiger charge is 2.29. The van der Waals surface area contributed by atoms with Crippen LogP contribution in [0.5, 0.6) is 5.75 Å². The van der Waals surface area contributed by atoms with Gasteiger partial charge in [0.05, 0.1) is 0 Å². The highest BCUT2D eigenvalue weighted by atomic mass is 16.5. The highest BCUT2D eigenvalue weighted by molar-refractivity contribution is 5.90. The summed E-state index contributed by atoms with van der Waals surface area (Å²) in [5.41, 5.74) is 1.80. The Morgan fingerprint density at radius 1 is 1.04 bits per heavy atom. The molecule has 1 rings (SSSR count). The summed E-state index contributed by atoms with van der Waals surface area (Å²) in [6, 6.07) is 3.78. The highest BCUT2D eigenvalue weighted by Crippen LogP contribution is 2.42. The molecule has 0 aromatic heterocycles. The zero-order valence-corrected chi connectivity index (χ0v) is 17.7. The Balaban J connectivity index is 3.46. The molecule has 152 valence electrons. The van der Waals surface area contributed by atoms with Crippen molar-refractivity contribution in [2.24, 2.45) is 0 Å². The van der Waals surface area contributed by atoms with E-state index >= 15 is 0 Å². The first-order valence-electron chi connectivity index (χ1n) is 9.56. The fraction of sp³-hybridized carbons (Fsp3) is 0.636. The number of aromatic hydroxyl groups is 1. The molecule has 0 aliphatic heterocycles. The van der Waals surface area contributed by atoms with Crippen LogP contribution in [0.3, 0.4) is 0 Å². The summed E-state index contributed by atoms with van der Waals surface area (Å²) < 4.78 is 5.52. The number of phenolic OH excluding ortho intramolecular Hbond substituents is 1. The first-order chi connectivity index (χ1) is 12.3. The summed E-state index contributed by atoms with van der Waals surface area (Å²) in [6.45, 7) is 14.2. The molecule has 1 atom stereocenters. The van der Waals surface area contributed by atoms with Crippen molar-refractivity contribution in [1.29, 1.82) is 0 Å². The van der Waals surface area contributed by atoms with Crippen LogP contribution < -0.4 is 0 Å². The van der Waals surface area contributed by atoms with Crippen LogP contribution in [-0.2, 0) is 25.2 Å². The van der Waals surface area contributed by atoms with Crippen LogP contribution in [0.2, 0.25) is 0 Å². The maximum atomic E-state index is 12.0. The van der Waals surface area contributed by atoms with Gasteiger partial charge in [0, 0.05) is 0 Å². The smallest absolute Gasteiger partial charge is 0.317 e. The first-order valence-corrected chi connectivity index (χ1v) is 9.56. The Bertz CT molecular complexity index is 642. The minimum Gasteiger partial charge on any atom is -0.507 e. The fourth-order valence-corrected chi connectivity index (χ4v) is 2.99. The van der Waals surface area contributed by atoms with Crippen LogP contribution in [0.4, 0.5) is 0 Å². The molecular formula is C22H34O5. The Morgan fingerprint density at radius 2 is 1.52 bits per heavy atom. The predicted molar refractivity (Wildman–Crippen MR) is 106 cm³/mol. The van der Waals surface area contributed by atoms with Crippen LogP contribution in [0.15, 0.2) is 12.1 Å². The number of carbonyl (C=O) groups is 2. The Morgan fingerprint density at radius 3 is 1.89 bits per heavy atom. The van der Waals surface area contributed by atoms with Crippen LogP contribution in [0.1, 0.15) is 96.9 Å². The Kier molecular flexibility index (Phi) is 7.47. The fourth-order valence-electron chi connectivity index (χ4n) is 2.99. The lowest BCUT2D eigenvalue weighted by Crippen LogP contribution is -2.20. The lowest BCUT2D eigenvalue weighted by atomic mass is 9.77. The zero-order valence-electron chi connectivity index (χ0n) is 17.7. The van der Waals surface area contributed by atoms with Crippen molar-refractivity contribution < 1.29 is 24.5 Å². The standard InChI is InChI=1S/C22H34O5/c1-8-9-10-17(27-19(25)13-18(23)24)14-11-15(21(2,3)4)20(26)16(12-14)22(5,6)7/h11-12,17,26H,8-10,13H2,1-7H3,(H,23,24). The van der Waals surface area contributed by atoms with Gasteiger partial charge >= 0.3 is 11.9 Å².